The summed E-state index contributed by atoms with van der Waals surface area (Å²) in [5.74, 6) is 0.195. The molecule has 234 valence electrons. The van der Waals surface area contributed by atoms with Gasteiger partial charge in [-0.15, -0.1) is 10.2 Å². The number of para-hydroxylation sites is 1. The molecule has 3 aromatic heterocycles. The van der Waals surface area contributed by atoms with Crippen LogP contribution < -0.4 is 9.80 Å². The lowest BCUT2D eigenvalue weighted by molar-refractivity contribution is -0.152. The molecular weight excluding hydrogens is 568 g/mol. The molecule has 8 rings (SSSR count). The van der Waals surface area contributed by atoms with Gasteiger partial charge in [0, 0.05) is 67.4 Å². The third kappa shape index (κ3) is 4.97. The van der Waals surface area contributed by atoms with Crippen LogP contribution in [0.2, 0.25) is 0 Å². The Hall–Kier alpha value is -4.25. The second-order valence-electron chi connectivity index (χ2n) is 13.6. The zero-order chi connectivity index (χ0) is 30.7. The van der Waals surface area contributed by atoms with Crippen LogP contribution in [0, 0.1) is 11.3 Å². The molecule has 11 nitrogen and oxygen atoms in total. The Kier molecular flexibility index (Phi) is 6.89. The highest BCUT2D eigenvalue weighted by molar-refractivity contribution is 5.86. The summed E-state index contributed by atoms with van der Waals surface area (Å²) < 4.78 is 0. The molecular formula is C34H40N8O3. The minimum absolute atomic E-state index is 0.0443. The number of phenolic OH excluding ortho intramolecular Hbond substituents is 1. The number of aliphatic carboxylic acids is 1. The lowest BCUT2D eigenvalue weighted by Crippen LogP contribution is -2.53. The fraction of sp³-hybridized carbons (Fsp3) is 0.500. The summed E-state index contributed by atoms with van der Waals surface area (Å²) in [5, 5.41) is 29.5. The molecule has 0 bridgehead atoms. The topological polar surface area (TPSA) is 135 Å². The predicted octanol–water partition coefficient (Wildman–Crippen LogP) is 4.79. The Labute approximate surface area is 262 Å². The van der Waals surface area contributed by atoms with Gasteiger partial charge < -0.3 is 25.0 Å². The number of nitrogens with one attached hydrogen (secondary N) is 1. The number of aromatic hydroxyl groups is 1. The third-order valence-electron chi connectivity index (χ3n) is 11.1. The van der Waals surface area contributed by atoms with Gasteiger partial charge in [0.2, 0.25) is 5.95 Å². The summed E-state index contributed by atoms with van der Waals surface area (Å²) in [6, 6.07) is 9.90. The van der Waals surface area contributed by atoms with Crippen LogP contribution in [0.5, 0.6) is 5.75 Å². The van der Waals surface area contributed by atoms with Crippen molar-refractivity contribution in [2.45, 2.75) is 64.0 Å². The first-order valence-electron chi connectivity index (χ1n) is 16.3. The quantitative estimate of drug-likeness (QED) is 0.290. The van der Waals surface area contributed by atoms with Gasteiger partial charge in [0.25, 0.3) is 0 Å². The van der Waals surface area contributed by atoms with E-state index in [0.717, 1.165) is 80.3 Å². The summed E-state index contributed by atoms with van der Waals surface area (Å²) in [6.45, 7) is 6.99. The van der Waals surface area contributed by atoms with E-state index in [-0.39, 0.29) is 17.7 Å². The molecule has 5 heterocycles. The van der Waals surface area contributed by atoms with E-state index in [4.69, 9.17) is 9.97 Å². The highest BCUT2D eigenvalue weighted by Gasteiger charge is 2.49. The number of phenols is 1. The number of piperazine rings is 1. The number of carbonyl (C=O) groups is 1. The number of carboxylic acid groups (broad SMARTS) is 1. The van der Waals surface area contributed by atoms with Crippen molar-refractivity contribution in [3.8, 4) is 17.0 Å². The van der Waals surface area contributed by atoms with Gasteiger partial charge in [-0.05, 0) is 69.1 Å². The average molecular weight is 609 g/mol. The standard InChI is InChI=1S/C34H40N8O3/c1-21-30-26-16-28(25-4-2-3-5-29(25)43)38-39-31(26)37-27(30)8-11-42(21)33-35-19-24(20-36-33)41-14-12-40(13-15-41)23-6-9-34(10-7-23)17-22(18-34)32(44)45/h2-5,16,19-23,43H,6-15,17-18H2,1H3,(H,37,39)(H,44,45)/t21-,22?,23?,34?/m1/s1. The Balaban J connectivity index is 0.913. The van der Waals surface area contributed by atoms with Gasteiger partial charge in [0.05, 0.1) is 35.7 Å². The number of benzene rings is 1. The molecule has 2 aliphatic heterocycles. The minimum Gasteiger partial charge on any atom is -0.507 e. The van der Waals surface area contributed by atoms with E-state index in [1.807, 2.05) is 30.6 Å². The van der Waals surface area contributed by atoms with Crippen molar-refractivity contribution in [1.29, 1.82) is 0 Å². The average Bonchev–Trinajstić information content (AvgIpc) is 3.43. The van der Waals surface area contributed by atoms with Gasteiger partial charge >= 0.3 is 5.97 Å². The molecule has 3 fully saturated rings. The number of H-pyrrole nitrogens is 1. The number of hydrogen-bond donors (Lipinski definition) is 3. The maximum Gasteiger partial charge on any atom is 0.306 e. The summed E-state index contributed by atoms with van der Waals surface area (Å²) >= 11 is 0. The molecule has 1 atom stereocenters. The van der Waals surface area contributed by atoms with Crippen LogP contribution in [-0.4, -0.2) is 85.0 Å². The number of aromatic nitrogens is 5. The molecule has 1 spiro atoms. The Morgan fingerprint density at radius 3 is 2.44 bits per heavy atom. The van der Waals surface area contributed by atoms with Crippen molar-refractivity contribution in [3.63, 3.8) is 0 Å². The zero-order valence-electron chi connectivity index (χ0n) is 25.7. The predicted molar refractivity (Wildman–Crippen MR) is 171 cm³/mol. The van der Waals surface area contributed by atoms with Gasteiger partial charge in [0.1, 0.15) is 5.75 Å². The van der Waals surface area contributed by atoms with Crippen molar-refractivity contribution in [2.24, 2.45) is 11.3 Å². The van der Waals surface area contributed by atoms with Crippen molar-refractivity contribution in [1.82, 2.24) is 30.0 Å². The van der Waals surface area contributed by atoms with E-state index >= 15 is 0 Å². The van der Waals surface area contributed by atoms with Gasteiger partial charge in [-0.2, -0.15) is 0 Å². The maximum absolute atomic E-state index is 11.3. The summed E-state index contributed by atoms with van der Waals surface area (Å²) in [6.07, 6.45) is 11.3. The summed E-state index contributed by atoms with van der Waals surface area (Å²) in [5.41, 5.74) is 5.79. The molecule has 0 radical (unpaired) electrons. The highest BCUT2D eigenvalue weighted by Crippen LogP contribution is 2.55. The van der Waals surface area contributed by atoms with Gasteiger partial charge in [0.15, 0.2) is 5.65 Å². The van der Waals surface area contributed by atoms with Crippen LogP contribution in [-0.2, 0) is 11.2 Å². The molecule has 4 aromatic rings. The van der Waals surface area contributed by atoms with Crippen LogP contribution in [0.3, 0.4) is 0 Å². The fourth-order valence-corrected chi connectivity index (χ4v) is 8.53. The first-order chi connectivity index (χ1) is 21.9. The van der Waals surface area contributed by atoms with Crippen LogP contribution in [0.1, 0.15) is 62.7 Å². The van der Waals surface area contributed by atoms with E-state index < -0.39 is 5.97 Å². The smallest absolute Gasteiger partial charge is 0.306 e. The fourth-order valence-electron chi connectivity index (χ4n) is 8.53. The number of hydrogen-bond acceptors (Lipinski definition) is 9. The molecule has 4 aliphatic rings. The number of fused-ring (bicyclic) bond motifs is 3. The Morgan fingerprint density at radius 1 is 1.00 bits per heavy atom. The van der Waals surface area contributed by atoms with Gasteiger partial charge in [-0.3, -0.25) is 9.69 Å². The van der Waals surface area contributed by atoms with Crippen molar-refractivity contribution in [3.05, 3.63) is 54.0 Å². The molecule has 45 heavy (non-hydrogen) atoms. The molecule has 1 saturated heterocycles. The largest absolute Gasteiger partial charge is 0.507 e. The second-order valence-corrected chi connectivity index (χ2v) is 13.6. The molecule has 1 aromatic carbocycles. The maximum atomic E-state index is 11.3. The van der Waals surface area contributed by atoms with E-state index in [2.05, 4.69) is 36.8 Å². The van der Waals surface area contributed by atoms with E-state index in [0.29, 0.717) is 22.7 Å². The molecule has 3 N–H and O–H groups in total. The highest BCUT2D eigenvalue weighted by atomic mass is 16.4. The number of carboxylic acids is 1. The van der Waals surface area contributed by atoms with E-state index in [1.165, 1.54) is 31.2 Å². The first-order valence-corrected chi connectivity index (χ1v) is 16.3. The van der Waals surface area contributed by atoms with Crippen LogP contribution in [0.25, 0.3) is 22.3 Å². The summed E-state index contributed by atoms with van der Waals surface area (Å²) in [4.78, 5) is 31.7. The Morgan fingerprint density at radius 2 is 1.73 bits per heavy atom. The van der Waals surface area contributed by atoms with Crippen LogP contribution in [0.15, 0.2) is 42.7 Å². The Bertz CT molecular complexity index is 1720. The summed E-state index contributed by atoms with van der Waals surface area (Å²) in [7, 11) is 0. The van der Waals surface area contributed by atoms with Crippen LogP contribution in [0.4, 0.5) is 11.6 Å². The normalized spacial score (nSPS) is 27.0. The minimum atomic E-state index is -0.611. The SMILES string of the molecule is C[C@@H]1c2c([nH]c3nnc(-c4ccccc4O)cc23)CCN1c1ncc(N2CCN(C3CCC4(CC3)CC(C(=O)O)C4)CC2)cn1. The molecule has 11 heteroatoms. The van der Waals surface area contributed by atoms with Crippen LogP contribution >= 0.6 is 0 Å². The van der Waals surface area contributed by atoms with E-state index in [1.54, 1.807) is 12.1 Å². The van der Waals surface area contributed by atoms with Gasteiger partial charge in [-0.1, -0.05) is 12.1 Å². The number of nitrogens with zero attached hydrogens (tertiary/aromatic N) is 7. The number of aromatic amines is 1. The van der Waals surface area contributed by atoms with Crippen molar-refractivity contribution in [2.75, 3.05) is 42.5 Å². The van der Waals surface area contributed by atoms with E-state index in [9.17, 15) is 15.0 Å². The lowest BCUT2D eigenvalue weighted by atomic mass is 9.55. The zero-order valence-corrected chi connectivity index (χ0v) is 25.7. The molecule has 2 saturated carbocycles. The van der Waals surface area contributed by atoms with Crippen molar-refractivity contribution >= 4 is 28.6 Å². The second kappa shape index (κ2) is 11.0. The number of rotatable bonds is 5. The number of anilines is 2. The van der Waals surface area contributed by atoms with Gasteiger partial charge in [-0.25, -0.2) is 9.97 Å². The first kappa shape index (κ1) is 28.2. The molecule has 0 unspecified atom stereocenters. The molecule has 2 aliphatic carbocycles. The molecule has 0 amide bonds. The lowest BCUT2D eigenvalue weighted by Gasteiger charge is -2.52. The third-order valence-corrected chi connectivity index (χ3v) is 11.1. The van der Waals surface area contributed by atoms with Crippen molar-refractivity contribution < 1.29 is 15.0 Å². The monoisotopic (exact) mass is 608 g/mol.